The highest BCUT2D eigenvalue weighted by molar-refractivity contribution is 6.21. The molecule has 0 radical (unpaired) electrons. The van der Waals surface area contributed by atoms with Crippen LogP contribution in [-0.4, -0.2) is 0 Å². The van der Waals surface area contributed by atoms with Crippen LogP contribution < -0.4 is 0 Å². The first-order valence-electron chi connectivity index (χ1n) is 6.85. The number of fused-ring (bicyclic) bond motifs is 3. The van der Waals surface area contributed by atoms with Gasteiger partial charge in [-0.25, -0.2) is 0 Å². The van der Waals surface area contributed by atoms with Gasteiger partial charge < -0.3 is 4.42 Å². The van der Waals surface area contributed by atoms with Crippen LogP contribution in [-0.2, 0) is 0 Å². The summed E-state index contributed by atoms with van der Waals surface area (Å²) in [4.78, 5) is 0. The second-order valence-corrected chi connectivity index (χ2v) is 5.49. The van der Waals surface area contributed by atoms with Crippen molar-refractivity contribution in [1.82, 2.24) is 0 Å². The van der Waals surface area contributed by atoms with Crippen LogP contribution in [0.2, 0.25) is 0 Å². The third-order valence-corrected chi connectivity index (χ3v) is 4.04. The number of benzene rings is 2. The summed E-state index contributed by atoms with van der Waals surface area (Å²) in [5.74, 6) is 0. The zero-order valence-electron chi connectivity index (χ0n) is 11.0. The molecule has 1 atom stereocenters. The lowest BCUT2D eigenvalue weighted by Gasteiger charge is -2.08. The van der Waals surface area contributed by atoms with Crippen molar-refractivity contribution in [2.24, 2.45) is 0 Å². The fourth-order valence-corrected chi connectivity index (χ4v) is 2.78. The number of hydrogen-bond acceptors (Lipinski definition) is 1. The Morgan fingerprint density at radius 1 is 1.05 bits per heavy atom. The molecule has 2 heteroatoms. The van der Waals surface area contributed by atoms with Crippen molar-refractivity contribution in [3.05, 3.63) is 48.0 Å². The third kappa shape index (κ3) is 2.35. The molecule has 0 aliphatic carbocycles. The van der Waals surface area contributed by atoms with E-state index < -0.39 is 0 Å². The molecule has 2 aromatic carbocycles. The number of alkyl halides is 1. The summed E-state index contributed by atoms with van der Waals surface area (Å²) in [6, 6.07) is 14.4. The van der Waals surface area contributed by atoms with Gasteiger partial charge in [0.15, 0.2) is 0 Å². The van der Waals surface area contributed by atoms with Crippen LogP contribution in [0.15, 0.2) is 46.9 Å². The lowest BCUT2D eigenvalue weighted by atomic mass is 10.0. The normalized spacial score (nSPS) is 13.2. The molecule has 1 unspecified atom stereocenters. The highest BCUT2D eigenvalue weighted by atomic mass is 35.5. The Morgan fingerprint density at radius 3 is 2.68 bits per heavy atom. The Balaban J connectivity index is 2.06. The quantitative estimate of drug-likeness (QED) is 0.527. The van der Waals surface area contributed by atoms with E-state index in [0.29, 0.717) is 0 Å². The van der Waals surface area contributed by atoms with Crippen molar-refractivity contribution >= 4 is 33.5 Å². The summed E-state index contributed by atoms with van der Waals surface area (Å²) in [5.41, 5.74) is 3.06. The summed E-state index contributed by atoms with van der Waals surface area (Å²) < 4.78 is 5.83. The molecule has 98 valence electrons. The monoisotopic (exact) mass is 272 g/mol. The van der Waals surface area contributed by atoms with E-state index in [2.05, 4.69) is 25.1 Å². The molecule has 0 aliphatic heterocycles. The van der Waals surface area contributed by atoms with Gasteiger partial charge in [-0.2, -0.15) is 0 Å². The van der Waals surface area contributed by atoms with Gasteiger partial charge in [-0.3, -0.25) is 0 Å². The average molecular weight is 273 g/mol. The lowest BCUT2D eigenvalue weighted by Crippen LogP contribution is -1.90. The summed E-state index contributed by atoms with van der Waals surface area (Å²) in [7, 11) is 0. The SMILES string of the molecule is CCCCC(Cl)c1ccc2oc3ccccc3c2c1. The van der Waals surface area contributed by atoms with Crippen LogP contribution in [0.3, 0.4) is 0 Å². The molecule has 0 N–H and O–H groups in total. The second-order valence-electron chi connectivity index (χ2n) is 4.96. The summed E-state index contributed by atoms with van der Waals surface area (Å²) in [5, 5.41) is 2.42. The first kappa shape index (κ1) is 12.6. The zero-order valence-corrected chi connectivity index (χ0v) is 11.8. The molecule has 0 fully saturated rings. The Hall–Kier alpha value is -1.47. The van der Waals surface area contributed by atoms with Crippen molar-refractivity contribution < 1.29 is 4.42 Å². The van der Waals surface area contributed by atoms with Gasteiger partial charge in [-0.1, -0.05) is 44.0 Å². The van der Waals surface area contributed by atoms with Crippen molar-refractivity contribution in [1.29, 1.82) is 0 Å². The van der Waals surface area contributed by atoms with Crippen LogP contribution in [0.25, 0.3) is 21.9 Å². The first-order valence-corrected chi connectivity index (χ1v) is 7.28. The smallest absolute Gasteiger partial charge is 0.135 e. The number of furan rings is 1. The fraction of sp³-hybridized carbons (Fsp3) is 0.294. The Bertz CT molecular complexity index is 699. The van der Waals surface area contributed by atoms with Crippen LogP contribution in [0.1, 0.15) is 37.1 Å². The topological polar surface area (TPSA) is 13.1 Å². The molecule has 3 aromatic rings. The Labute approximate surface area is 118 Å². The van der Waals surface area contributed by atoms with Crippen molar-refractivity contribution in [3.63, 3.8) is 0 Å². The van der Waals surface area contributed by atoms with E-state index in [-0.39, 0.29) is 5.38 Å². The molecular weight excluding hydrogens is 256 g/mol. The van der Waals surface area contributed by atoms with Gasteiger partial charge in [0.1, 0.15) is 11.2 Å². The maximum atomic E-state index is 6.47. The Morgan fingerprint density at radius 2 is 1.84 bits per heavy atom. The summed E-state index contributed by atoms with van der Waals surface area (Å²) in [6.45, 7) is 2.19. The van der Waals surface area contributed by atoms with Crippen molar-refractivity contribution in [2.45, 2.75) is 31.6 Å². The van der Waals surface area contributed by atoms with Gasteiger partial charge in [-0.15, -0.1) is 11.6 Å². The molecule has 0 saturated carbocycles. The number of para-hydroxylation sites is 1. The van der Waals surface area contributed by atoms with Crippen molar-refractivity contribution in [2.75, 3.05) is 0 Å². The van der Waals surface area contributed by atoms with E-state index in [9.17, 15) is 0 Å². The molecule has 0 amide bonds. The van der Waals surface area contributed by atoms with E-state index in [1.807, 2.05) is 24.3 Å². The van der Waals surface area contributed by atoms with Gasteiger partial charge in [0.25, 0.3) is 0 Å². The molecular formula is C17H17ClO. The number of halogens is 1. The second kappa shape index (κ2) is 5.26. The van der Waals surface area contributed by atoms with Crippen LogP contribution in [0, 0.1) is 0 Å². The predicted octanol–water partition coefficient (Wildman–Crippen LogP) is 6.06. The number of rotatable bonds is 4. The fourth-order valence-electron chi connectivity index (χ4n) is 2.49. The van der Waals surface area contributed by atoms with Crippen LogP contribution in [0.5, 0.6) is 0 Å². The van der Waals surface area contributed by atoms with E-state index in [0.717, 1.165) is 23.0 Å². The summed E-state index contributed by atoms with van der Waals surface area (Å²) in [6.07, 6.45) is 3.37. The molecule has 0 bridgehead atoms. The highest BCUT2D eigenvalue weighted by Gasteiger charge is 2.11. The molecule has 1 heterocycles. The van der Waals surface area contributed by atoms with Crippen LogP contribution in [0.4, 0.5) is 0 Å². The van der Waals surface area contributed by atoms with Gasteiger partial charge >= 0.3 is 0 Å². The van der Waals surface area contributed by atoms with Gasteiger partial charge in [0.2, 0.25) is 0 Å². The standard InChI is InChI=1S/C17H17ClO/c1-2-3-7-15(18)12-9-10-17-14(11-12)13-6-4-5-8-16(13)19-17/h4-6,8-11,15H,2-3,7H2,1H3. The van der Waals surface area contributed by atoms with Crippen LogP contribution >= 0.6 is 11.6 Å². The minimum atomic E-state index is 0.0954. The zero-order chi connectivity index (χ0) is 13.2. The minimum absolute atomic E-state index is 0.0954. The number of hydrogen-bond donors (Lipinski definition) is 0. The summed E-state index contributed by atoms with van der Waals surface area (Å²) >= 11 is 6.47. The van der Waals surface area contributed by atoms with E-state index in [1.54, 1.807) is 0 Å². The van der Waals surface area contributed by atoms with E-state index in [4.69, 9.17) is 16.0 Å². The highest BCUT2D eigenvalue weighted by Crippen LogP contribution is 2.33. The van der Waals surface area contributed by atoms with E-state index >= 15 is 0 Å². The first-order chi connectivity index (χ1) is 9.29. The maximum absolute atomic E-state index is 6.47. The Kier molecular flexibility index (Phi) is 3.48. The maximum Gasteiger partial charge on any atom is 0.135 e. The molecule has 1 nitrogen and oxygen atoms in total. The lowest BCUT2D eigenvalue weighted by molar-refractivity contribution is 0.668. The van der Waals surface area contributed by atoms with Crippen molar-refractivity contribution in [3.8, 4) is 0 Å². The molecule has 0 saturated heterocycles. The predicted molar refractivity (Wildman–Crippen MR) is 81.8 cm³/mol. The minimum Gasteiger partial charge on any atom is -0.456 e. The van der Waals surface area contributed by atoms with Gasteiger partial charge in [0.05, 0.1) is 5.38 Å². The molecule has 0 spiro atoms. The van der Waals surface area contributed by atoms with Gasteiger partial charge in [-0.05, 0) is 30.2 Å². The molecule has 1 aromatic heterocycles. The molecule has 0 aliphatic rings. The number of unbranched alkanes of at least 4 members (excludes halogenated alkanes) is 1. The van der Waals surface area contributed by atoms with E-state index in [1.165, 1.54) is 23.8 Å². The largest absolute Gasteiger partial charge is 0.456 e. The molecule has 3 rings (SSSR count). The van der Waals surface area contributed by atoms with Gasteiger partial charge in [0, 0.05) is 10.8 Å². The third-order valence-electron chi connectivity index (χ3n) is 3.57. The average Bonchev–Trinajstić information content (AvgIpc) is 2.82. The molecule has 19 heavy (non-hydrogen) atoms.